The van der Waals surface area contributed by atoms with Crippen molar-refractivity contribution >= 4 is 23.5 Å². The summed E-state index contributed by atoms with van der Waals surface area (Å²) >= 11 is 3.71. The molecule has 2 N–H and O–H groups in total. The van der Waals surface area contributed by atoms with E-state index in [0.717, 1.165) is 29.6 Å². The van der Waals surface area contributed by atoms with Crippen LogP contribution in [0.5, 0.6) is 0 Å². The van der Waals surface area contributed by atoms with Crippen molar-refractivity contribution in [3.63, 3.8) is 0 Å². The Morgan fingerprint density at radius 2 is 2.18 bits per heavy atom. The molecule has 3 heterocycles. The molecule has 17 heavy (non-hydrogen) atoms. The largest absolute Gasteiger partial charge is 0.368 e. The Balaban J connectivity index is 1.73. The number of rotatable bonds is 2. The van der Waals surface area contributed by atoms with Crippen LogP contribution in [0, 0.1) is 0 Å². The first-order chi connectivity index (χ1) is 8.34. The number of thioether (sulfide) groups is 2. The smallest absolute Gasteiger partial charge is 0.232 e. The molecule has 3 rings (SSSR count). The molecule has 0 amide bonds. The molecular weight excluding hydrogens is 258 g/mol. The normalized spacial score (nSPS) is 34.1. The predicted octanol–water partition coefficient (Wildman–Crippen LogP) is 1.03. The minimum absolute atomic E-state index is 0.0171. The first-order valence-electron chi connectivity index (χ1n) is 5.71. The summed E-state index contributed by atoms with van der Waals surface area (Å²) < 4.78 is 11.0. The van der Waals surface area contributed by atoms with E-state index in [9.17, 15) is 0 Å². The molecule has 0 spiro atoms. The third-order valence-electron chi connectivity index (χ3n) is 3.00. The molecule has 0 aliphatic carbocycles. The first kappa shape index (κ1) is 11.8. The molecule has 0 saturated carbocycles. The van der Waals surface area contributed by atoms with Crippen LogP contribution in [0.25, 0.3) is 0 Å². The molecule has 2 aliphatic rings. The topological polar surface area (TPSA) is 74.2 Å². The number of hydrogen-bond acceptors (Lipinski definition) is 7. The van der Waals surface area contributed by atoms with E-state index in [2.05, 4.69) is 10.1 Å². The van der Waals surface area contributed by atoms with Crippen LogP contribution in [0.4, 0.5) is 0 Å². The highest BCUT2D eigenvalue weighted by Crippen LogP contribution is 2.32. The molecule has 7 heteroatoms. The Morgan fingerprint density at radius 3 is 2.88 bits per heavy atom. The van der Waals surface area contributed by atoms with Gasteiger partial charge in [0.25, 0.3) is 0 Å². The van der Waals surface area contributed by atoms with Gasteiger partial charge in [0, 0.05) is 29.1 Å². The van der Waals surface area contributed by atoms with Gasteiger partial charge in [-0.2, -0.15) is 28.5 Å². The zero-order valence-electron chi connectivity index (χ0n) is 9.37. The maximum Gasteiger partial charge on any atom is 0.232 e. The number of ether oxygens (including phenoxy) is 1. The summed E-state index contributed by atoms with van der Waals surface area (Å²) in [7, 11) is 0. The maximum absolute atomic E-state index is 6.01. The van der Waals surface area contributed by atoms with Gasteiger partial charge < -0.3 is 15.0 Å². The minimum Gasteiger partial charge on any atom is -0.368 e. The number of hydrogen-bond donors (Lipinski definition) is 1. The van der Waals surface area contributed by atoms with E-state index in [1.807, 2.05) is 23.5 Å². The van der Waals surface area contributed by atoms with Gasteiger partial charge >= 0.3 is 0 Å². The van der Waals surface area contributed by atoms with E-state index in [4.69, 9.17) is 15.0 Å². The summed E-state index contributed by atoms with van der Waals surface area (Å²) in [4.78, 5) is 4.46. The Labute approximate surface area is 108 Å². The SMILES string of the molecule is NC1CSCC1c1nc(C2CSCCO2)no1. The summed E-state index contributed by atoms with van der Waals surface area (Å²) in [5, 5.41) is 4.03. The van der Waals surface area contributed by atoms with Gasteiger partial charge in [0.1, 0.15) is 6.10 Å². The van der Waals surface area contributed by atoms with Crippen molar-refractivity contribution in [1.82, 2.24) is 10.1 Å². The molecule has 2 aliphatic heterocycles. The van der Waals surface area contributed by atoms with Crippen molar-refractivity contribution in [1.29, 1.82) is 0 Å². The van der Waals surface area contributed by atoms with Crippen molar-refractivity contribution in [3.05, 3.63) is 11.7 Å². The standard InChI is InChI=1S/C10H15N3O2S2/c11-7-4-17-3-6(7)10-12-9(13-15-10)8-5-16-2-1-14-8/h6-8H,1-5,11H2. The van der Waals surface area contributed by atoms with Gasteiger partial charge in [0.05, 0.1) is 12.5 Å². The van der Waals surface area contributed by atoms with Crippen molar-refractivity contribution in [3.8, 4) is 0 Å². The van der Waals surface area contributed by atoms with Crippen LogP contribution in [-0.4, -0.2) is 45.8 Å². The van der Waals surface area contributed by atoms with Crippen LogP contribution in [0.1, 0.15) is 23.7 Å². The Hall–Kier alpha value is -0.240. The fourth-order valence-corrected chi connectivity index (χ4v) is 4.12. The Kier molecular flexibility index (Phi) is 3.60. The summed E-state index contributed by atoms with van der Waals surface area (Å²) in [5.74, 6) is 5.46. The molecule has 1 aromatic rings. The van der Waals surface area contributed by atoms with Gasteiger partial charge in [-0.15, -0.1) is 0 Å². The second-order valence-corrected chi connectivity index (χ2v) is 6.46. The maximum atomic E-state index is 6.01. The van der Waals surface area contributed by atoms with Gasteiger partial charge in [0.2, 0.25) is 11.7 Å². The molecule has 3 atom stereocenters. The summed E-state index contributed by atoms with van der Waals surface area (Å²) in [6.07, 6.45) is -0.0171. The number of aromatic nitrogens is 2. The zero-order valence-corrected chi connectivity index (χ0v) is 11.0. The lowest BCUT2D eigenvalue weighted by Crippen LogP contribution is -2.27. The van der Waals surface area contributed by atoms with Crippen LogP contribution < -0.4 is 5.73 Å². The minimum atomic E-state index is -0.0171. The number of nitrogens with two attached hydrogens (primary N) is 1. The molecule has 94 valence electrons. The van der Waals surface area contributed by atoms with Crippen molar-refractivity contribution in [2.75, 3.05) is 29.6 Å². The van der Waals surface area contributed by atoms with Crippen LogP contribution in [0.3, 0.4) is 0 Å². The lowest BCUT2D eigenvalue weighted by molar-refractivity contribution is 0.0677. The highest BCUT2D eigenvalue weighted by atomic mass is 32.2. The van der Waals surface area contributed by atoms with Crippen LogP contribution in [0.15, 0.2) is 4.52 Å². The average molecular weight is 273 g/mol. The fourth-order valence-electron chi connectivity index (χ4n) is 1.99. The second kappa shape index (κ2) is 5.17. The van der Waals surface area contributed by atoms with Crippen molar-refractivity contribution in [2.45, 2.75) is 18.1 Å². The third kappa shape index (κ3) is 2.47. The van der Waals surface area contributed by atoms with Crippen molar-refractivity contribution < 1.29 is 9.26 Å². The monoisotopic (exact) mass is 273 g/mol. The molecule has 0 radical (unpaired) electrons. The first-order valence-corrected chi connectivity index (χ1v) is 8.01. The van der Waals surface area contributed by atoms with Gasteiger partial charge in [-0.1, -0.05) is 5.16 Å². The van der Waals surface area contributed by atoms with Gasteiger partial charge in [-0.3, -0.25) is 0 Å². The molecular formula is C10H15N3O2S2. The second-order valence-electron chi connectivity index (χ2n) is 4.23. The predicted molar refractivity (Wildman–Crippen MR) is 68.4 cm³/mol. The Bertz CT molecular complexity index is 381. The molecule has 2 saturated heterocycles. The fraction of sp³-hybridized carbons (Fsp3) is 0.800. The van der Waals surface area contributed by atoms with E-state index >= 15 is 0 Å². The van der Waals surface area contributed by atoms with Crippen LogP contribution in [0.2, 0.25) is 0 Å². The van der Waals surface area contributed by atoms with E-state index in [-0.39, 0.29) is 18.1 Å². The van der Waals surface area contributed by atoms with Gasteiger partial charge in [-0.05, 0) is 0 Å². The lowest BCUT2D eigenvalue weighted by Gasteiger charge is -2.18. The molecule has 5 nitrogen and oxygen atoms in total. The molecule has 2 fully saturated rings. The molecule has 0 aromatic carbocycles. The number of nitrogens with zero attached hydrogens (tertiary/aromatic N) is 2. The zero-order chi connectivity index (χ0) is 11.7. The van der Waals surface area contributed by atoms with Crippen molar-refractivity contribution in [2.24, 2.45) is 5.73 Å². The Morgan fingerprint density at radius 1 is 1.24 bits per heavy atom. The lowest BCUT2D eigenvalue weighted by atomic mass is 10.1. The summed E-state index contributed by atoms with van der Waals surface area (Å²) in [6, 6.07) is 0.134. The summed E-state index contributed by atoms with van der Waals surface area (Å²) in [6.45, 7) is 0.762. The van der Waals surface area contributed by atoms with Gasteiger partial charge in [-0.25, -0.2) is 0 Å². The van der Waals surface area contributed by atoms with E-state index in [0.29, 0.717) is 11.7 Å². The van der Waals surface area contributed by atoms with Crippen LogP contribution in [-0.2, 0) is 4.74 Å². The van der Waals surface area contributed by atoms with E-state index in [1.165, 1.54) is 0 Å². The van der Waals surface area contributed by atoms with E-state index < -0.39 is 0 Å². The van der Waals surface area contributed by atoms with Gasteiger partial charge in [0.15, 0.2) is 0 Å². The highest BCUT2D eigenvalue weighted by Gasteiger charge is 2.32. The third-order valence-corrected chi connectivity index (χ3v) is 5.21. The molecule has 3 unspecified atom stereocenters. The quantitative estimate of drug-likeness (QED) is 0.862. The van der Waals surface area contributed by atoms with Crippen LogP contribution >= 0.6 is 23.5 Å². The summed E-state index contributed by atoms with van der Waals surface area (Å²) in [5.41, 5.74) is 6.01. The van der Waals surface area contributed by atoms with E-state index in [1.54, 1.807) is 0 Å². The molecule has 1 aromatic heterocycles. The highest BCUT2D eigenvalue weighted by molar-refractivity contribution is 7.99. The average Bonchev–Trinajstić information content (AvgIpc) is 2.98. The molecule has 0 bridgehead atoms.